The zero-order valence-electron chi connectivity index (χ0n) is 56.8. The van der Waals surface area contributed by atoms with Crippen LogP contribution < -0.4 is 5.32 Å². The fourth-order valence-corrected chi connectivity index (χ4v) is 12.1. The Labute approximate surface area is 536 Å². The SMILES string of the molecule is CCCCCCCCCCC/C=C\C/C=C\CCCCCCCCCCCCCCC(O)C(=O)NC(COC1OC(CO)C(O)C(O)C1O)C(O)C(O)CCC/C=C/CC/C=C/CCCCCCCCCCCCCCCCCCCCCCCCC. The Hall–Kier alpha value is -1.93. The molecule has 0 radical (unpaired) electrons. The van der Waals surface area contributed by atoms with Crippen LogP contribution in [0, 0.1) is 0 Å². The lowest BCUT2D eigenvalue weighted by Crippen LogP contribution is -2.60. The van der Waals surface area contributed by atoms with Gasteiger partial charge >= 0.3 is 0 Å². The van der Waals surface area contributed by atoms with Crippen molar-refractivity contribution in [3.8, 4) is 0 Å². The average Bonchev–Trinajstić information content (AvgIpc) is 1.97. The zero-order valence-corrected chi connectivity index (χ0v) is 56.8. The van der Waals surface area contributed by atoms with E-state index in [-0.39, 0.29) is 12.8 Å². The highest BCUT2D eigenvalue weighted by atomic mass is 16.7. The number of allylic oxidation sites excluding steroid dienone is 8. The van der Waals surface area contributed by atoms with E-state index in [1.807, 2.05) is 0 Å². The molecule has 11 nitrogen and oxygen atoms in total. The summed E-state index contributed by atoms with van der Waals surface area (Å²) in [5, 5.41) is 76.6. The maximum atomic E-state index is 13.3. The summed E-state index contributed by atoms with van der Waals surface area (Å²) in [7, 11) is 0. The lowest BCUT2D eigenvalue weighted by molar-refractivity contribution is -0.303. The monoisotopic (exact) mass is 1230 g/mol. The predicted octanol–water partition coefficient (Wildman–Crippen LogP) is 18.7. The highest BCUT2D eigenvalue weighted by molar-refractivity contribution is 5.80. The molecule has 1 aliphatic rings. The first kappa shape index (κ1) is 83.1. The van der Waals surface area contributed by atoms with Crippen molar-refractivity contribution in [3.05, 3.63) is 48.6 Å². The third-order valence-corrected chi connectivity index (χ3v) is 18.1. The van der Waals surface area contributed by atoms with Crippen LogP contribution in [0.4, 0.5) is 0 Å². The minimum Gasteiger partial charge on any atom is -0.394 e. The van der Waals surface area contributed by atoms with E-state index in [2.05, 4.69) is 67.8 Å². The molecule has 0 bridgehead atoms. The number of carbonyl (C=O) groups is 1. The first-order chi connectivity index (χ1) is 42.7. The molecule has 11 heteroatoms. The Balaban J connectivity index is 2.20. The summed E-state index contributed by atoms with van der Waals surface area (Å²) in [6.07, 6.45) is 73.6. The Kier molecular flexibility index (Phi) is 61.3. The van der Waals surface area contributed by atoms with Gasteiger partial charge in [-0.05, 0) is 83.5 Å². The van der Waals surface area contributed by atoms with Crippen LogP contribution in [0.25, 0.3) is 0 Å². The highest BCUT2D eigenvalue weighted by Gasteiger charge is 2.44. The maximum Gasteiger partial charge on any atom is 0.249 e. The number of hydrogen-bond donors (Lipinski definition) is 8. The fourth-order valence-electron chi connectivity index (χ4n) is 12.1. The molecular weight excluding hydrogens is 1090 g/mol. The van der Waals surface area contributed by atoms with Crippen molar-refractivity contribution < 1.29 is 50.0 Å². The van der Waals surface area contributed by atoms with Crippen LogP contribution in [0.3, 0.4) is 0 Å². The minimum absolute atomic E-state index is 0.246. The van der Waals surface area contributed by atoms with Crippen molar-refractivity contribution in [2.45, 2.75) is 416 Å². The molecule has 8 N–H and O–H groups in total. The molecule has 0 saturated carbocycles. The Morgan fingerprint density at radius 3 is 1.09 bits per heavy atom. The summed E-state index contributed by atoms with van der Waals surface area (Å²) < 4.78 is 11.2. The van der Waals surface area contributed by atoms with E-state index in [0.717, 1.165) is 44.9 Å². The highest BCUT2D eigenvalue weighted by Crippen LogP contribution is 2.24. The molecule has 87 heavy (non-hydrogen) atoms. The minimum atomic E-state index is -1.67. The molecule has 0 aliphatic carbocycles. The first-order valence-electron chi connectivity index (χ1n) is 37.5. The van der Waals surface area contributed by atoms with E-state index in [1.165, 1.54) is 270 Å². The molecule has 9 unspecified atom stereocenters. The molecule has 1 rings (SSSR count). The first-order valence-corrected chi connectivity index (χ1v) is 37.5. The number of hydrogen-bond acceptors (Lipinski definition) is 10. The second kappa shape index (κ2) is 64.2. The normalized spacial score (nSPS) is 18.9. The van der Waals surface area contributed by atoms with Gasteiger partial charge in [0.1, 0.15) is 36.6 Å². The van der Waals surface area contributed by atoms with E-state index < -0.39 is 74.2 Å². The molecular formula is C76H143NO10. The average molecular weight is 1230 g/mol. The van der Waals surface area contributed by atoms with Crippen LogP contribution in [-0.2, 0) is 14.3 Å². The molecule has 9 atom stereocenters. The number of rotatable bonds is 66. The number of nitrogens with one attached hydrogen (secondary N) is 1. The number of aliphatic hydroxyl groups is 7. The number of amides is 1. The van der Waals surface area contributed by atoms with Crippen molar-refractivity contribution in [3.63, 3.8) is 0 Å². The van der Waals surface area contributed by atoms with E-state index in [1.54, 1.807) is 0 Å². The van der Waals surface area contributed by atoms with Crippen molar-refractivity contribution in [2.24, 2.45) is 0 Å². The number of aliphatic hydroxyl groups excluding tert-OH is 7. The van der Waals surface area contributed by atoms with Gasteiger partial charge in [0.05, 0.1) is 25.4 Å². The maximum absolute atomic E-state index is 13.3. The molecule has 1 heterocycles. The molecule has 1 fully saturated rings. The smallest absolute Gasteiger partial charge is 0.249 e. The molecule has 0 aromatic rings. The quantitative estimate of drug-likeness (QED) is 0.0215. The lowest BCUT2D eigenvalue weighted by Gasteiger charge is -2.40. The summed E-state index contributed by atoms with van der Waals surface area (Å²) in [6.45, 7) is 3.49. The van der Waals surface area contributed by atoms with Gasteiger partial charge in [-0.2, -0.15) is 0 Å². The molecule has 0 aromatic heterocycles. The standard InChI is InChI=1S/C76H143NO10/c1-3-5-7-9-11-13-15-17-19-21-23-25-27-29-31-33-34-35-36-38-39-41-43-45-47-49-51-53-55-57-59-61-63-68(79)71(81)67(66-86-76-74(84)73(83)72(82)70(65-78)87-76)77-75(85)69(80)64-62-60-58-56-54-52-50-48-46-44-42-40-37-32-30-28-26-24-22-20-18-16-14-12-10-8-6-4-2/h24,26,30,32,47,49,55,57,67-74,76,78-84H,3-23,25,27-29,31,33-46,48,50-54,56,58-66H2,1-2H3,(H,77,85)/b26-24-,32-30-,49-47+,57-55+. The fraction of sp³-hybridized carbons (Fsp3) is 0.882. The molecule has 1 saturated heterocycles. The molecule has 0 spiro atoms. The lowest BCUT2D eigenvalue weighted by atomic mass is 9.98. The van der Waals surface area contributed by atoms with Crippen LogP contribution in [0.15, 0.2) is 48.6 Å². The largest absolute Gasteiger partial charge is 0.394 e. The van der Waals surface area contributed by atoms with Crippen LogP contribution >= 0.6 is 0 Å². The van der Waals surface area contributed by atoms with Gasteiger partial charge in [0.15, 0.2) is 6.29 Å². The Morgan fingerprint density at radius 2 is 0.724 bits per heavy atom. The van der Waals surface area contributed by atoms with Crippen molar-refractivity contribution in [1.29, 1.82) is 0 Å². The van der Waals surface area contributed by atoms with Crippen LogP contribution in [-0.4, -0.2) is 110 Å². The summed E-state index contributed by atoms with van der Waals surface area (Å²) in [5.41, 5.74) is 0. The van der Waals surface area contributed by atoms with Crippen molar-refractivity contribution in [2.75, 3.05) is 13.2 Å². The van der Waals surface area contributed by atoms with Gasteiger partial charge in [-0.15, -0.1) is 0 Å². The van der Waals surface area contributed by atoms with Crippen molar-refractivity contribution >= 4 is 5.91 Å². The molecule has 1 amide bonds. The summed E-state index contributed by atoms with van der Waals surface area (Å²) in [6, 6.07) is -1.20. The van der Waals surface area contributed by atoms with Gasteiger partial charge in [0.25, 0.3) is 0 Å². The Bertz CT molecular complexity index is 1560. The Morgan fingerprint density at radius 1 is 0.402 bits per heavy atom. The predicted molar refractivity (Wildman–Crippen MR) is 367 cm³/mol. The van der Waals surface area contributed by atoms with Crippen LogP contribution in [0.5, 0.6) is 0 Å². The van der Waals surface area contributed by atoms with E-state index in [4.69, 9.17) is 9.47 Å². The third kappa shape index (κ3) is 51.3. The van der Waals surface area contributed by atoms with E-state index >= 15 is 0 Å². The van der Waals surface area contributed by atoms with Gasteiger partial charge in [0, 0.05) is 0 Å². The third-order valence-electron chi connectivity index (χ3n) is 18.1. The van der Waals surface area contributed by atoms with E-state index in [0.29, 0.717) is 19.3 Å². The zero-order chi connectivity index (χ0) is 63.1. The summed E-state index contributed by atoms with van der Waals surface area (Å²) in [4.78, 5) is 13.3. The van der Waals surface area contributed by atoms with Gasteiger partial charge in [-0.3, -0.25) is 4.79 Å². The molecule has 512 valence electrons. The number of carbonyl (C=O) groups excluding carboxylic acids is 1. The summed E-state index contributed by atoms with van der Waals surface area (Å²) >= 11 is 0. The molecule has 0 aromatic carbocycles. The van der Waals surface area contributed by atoms with Crippen LogP contribution in [0.2, 0.25) is 0 Å². The van der Waals surface area contributed by atoms with Gasteiger partial charge in [0.2, 0.25) is 5.91 Å². The van der Waals surface area contributed by atoms with Gasteiger partial charge in [-0.1, -0.05) is 326 Å². The number of unbranched alkanes of at least 4 members (excludes halogenated alkanes) is 46. The molecule has 1 aliphatic heterocycles. The number of ether oxygens (including phenoxy) is 2. The van der Waals surface area contributed by atoms with Crippen molar-refractivity contribution in [1.82, 2.24) is 5.32 Å². The summed E-state index contributed by atoms with van der Waals surface area (Å²) in [5.74, 6) is -0.708. The second-order valence-electron chi connectivity index (χ2n) is 26.4. The van der Waals surface area contributed by atoms with Crippen LogP contribution in [0.1, 0.15) is 361 Å². The topological polar surface area (TPSA) is 189 Å². The second-order valence-corrected chi connectivity index (χ2v) is 26.4. The van der Waals surface area contributed by atoms with E-state index in [9.17, 15) is 40.5 Å². The van der Waals surface area contributed by atoms with Gasteiger partial charge in [-0.25, -0.2) is 0 Å². The van der Waals surface area contributed by atoms with Gasteiger partial charge < -0.3 is 50.5 Å².